The van der Waals surface area contributed by atoms with E-state index in [0.717, 1.165) is 28.7 Å². The Morgan fingerprint density at radius 2 is 1.95 bits per heavy atom. The quantitative estimate of drug-likeness (QED) is 0.387. The van der Waals surface area contributed by atoms with Gasteiger partial charge in [-0.25, -0.2) is 17.8 Å². The minimum atomic E-state index is -3.03. The second-order valence-electron chi connectivity index (χ2n) is 9.83. The Labute approximate surface area is 215 Å². The zero-order valence-corrected chi connectivity index (χ0v) is 21.4. The van der Waals surface area contributed by atoms with Crippen molar-refractivity contribution < 1.29 is 32.2 Å². The molecule has 37 heavy (non-hydrogen) atoms. The Kier molecular flexibility index (Phi) is 6.66. The molecule has 0 bridgehead atoms. The zero-order chi connectivity index (χ0) is 26.3. The van der Waals surface area contributed by atoms with Gasteiger partial charge >= 0.3 is 5.97 Å². The summed E-state index contributed by atoms with van der Waals surface area (Å²) in [6.45, 7) is 2.14. The van der Waals surface area contributed by atoms with E-state index in [9.17, 15) is 22.7 Å². The third kappa shape index (κ3) is 5.46. The number of aliphatic carboxylic acids is 1. The fourth-order valence-corrected chi connectivity index (χ4v) is 5.89. The van der Waals surface area contributed by atoms with Crippen molar-refractivity contribution in [3.05, 3.63) is 76.7 Å². The normalized spacial score (nSPS) is 19.7. The molecule has 0 spiro atoms. The summed E-state index contributed by atoms with van der Waals surface area (Å²) in [5.74, 6) is 0.0170. The molecule has 2 aliphatic rings. The largest absolute Gasteiger partial charge is 0.489 e. The second-order valence-corrected chi connectivity index (χ2v) is 12.1. The molecule has 0 amide bonds. The highest BCUT2D eigenvalue weighted by atomic mass is 32.2. The van der Waals surface area contributed by atoms with Crippen LogP contribution in [0.25, 0.3) is 11.1 Å². The van der Waals surface area contributed by atoms with Gasteiger partial charge in [-0.05, 0) is 72.7 Å². The molecule has 1 aromatic heterocycles. The number of nitrogens with zero attached hydrogens (tertiary/aromatic N) is 1. The summed E-state index contributed by atoms with van der Waals surface area (Å²) in [6, 6.07) is 14.1. The first-order valence-electron chi connectivity index (χ1n) is 12.2. The highest BCUT2D eigenvalue weighted by Crippen LogP contribution is 2.61. The molecular weight excluding hydrogens is 497 g/mol. The van der Waals surface area contributed by atoms with E-state index in [1.807, 2.05) is 31.2 Å². The lowest BCUT2D eigenvalue weighted by atomic mass is 10.0. The molecule has 1 saturated carbocycles. The average molecular weight is 526 g/mol. The lowest BCUT2D eigenvalue weighted by Gasteiger charge is -2.13. The fourth-order valence-electron chi connectivity index (χ4n) is 5.25. The Balaban J connectivity index is 1.23. The Hall–Kier alpha value is -3.46. The van der Waals surface area contributed by atoms with Gasteiger partial charge in [0.25, 0.3) is 0 Å². The number of carboxylic acid groups (broad SMARTS) is 1. The minimum Gasteiger partial charge on any atom is -0.489 e. The van der Waals surface area contributed by atoms with Crippen LogP contribution in [0, 0.1) is 24.6 Å². The molecule has 1 fully saturated rings. The molecule has 194 valence electrons. The van der Waals surface area contributed by atoms with Crippen LogP contribution in [0.5, 0.6) is 11.6 Å². The molecule has 3 aromatic rings. The summed E-state index contributed by atoms with van der Waals surface area (Å²) in [5, 5.41) is 9.29. The first-order valence-corrected chi connectivity index (χ1v) is 14.2. The number of carboxylic acids is 1. The summed E-state index contributed by atoms with van der Waals surface area (Å²) in [4.78, 5) is 15.8. The van der Waals surface area contributed by atoms with E-state index in [0.29, 0.717) is 29.3 Å². The number of fused-ring (bicyclic) bond motifs is 3. The number of hydrogen-bond donors (Lipinski definition) is 1. The predicted molar refractivity (Wildman–Crippen MR) is 136 cm³/mol. The van der Waals surface area contributed by atoms with Crippen molar-refractivity contribution in [2.45, 2.75) is 32.3 Å². The summed E-state index contributed by atoms with van der Waals surface area (Å²) >= 11 is 0. The van der Waals surface area contributed by atoms with Crippen molar-refractivity contribution in [1.82, 2.24) is 4.98 Å². The molecule has 2 aliphatic carbocycles. The number of pyridine rings is 1. The van der Waals surface area contributed by atoms with Gasteiger partial charge in [-0.2, -0.15) is 0 Å². The summed E-state index contributed by atoms with van der Waals surface area (Å²) < 4.78 is 48.6. The monoisotopic (exact) mass is 525 g/mol. The smallest absolute Gasteiger partial charge is 0.307 e. The van der Waals surface area contributed by atoms with Crippen molar-refractivity contribution >= 4 is 15.8 Å². The van der Waals surface area contributed by atoms with Crippen LogP contribution < -0.4 is 9.47 Å². The molecule has 0 saturated heterocycles. The summed E-state index contributed by atoms with van der Waals surface area (Å²) in [5.41, 5.74) is 4.93. The summed E-state index contributed by atoms with van der Waals surface area (Å²) in [6.07, 6.45) is 2.32. The van der Waals surface area contributed by atoms with Crippen molar-refractivity contribution in [3.63, 3.8) is 0 Å². The minimum absolute atomic E-state index is 0.0527. The first-order chi connectivity index (χ1) is 17.6. The Morgan fingerprint density at radius 3 is 2.68 bits per heavy atom. The Bertz CT molecular complexity index is 1470. The lowest BCUT2D eigenvalue weighted by Crippen LogP contribution is -2.08. The molecule has 1 N–H and O–H groups in total. The second kappa shape index (κ2) is 9.78. The van der Waals surface area contributed by atoms with E-state index in [1.165, 1.54) is 12.3 Å². The van der Waals surface area contributed by atoms with Crippen LogP contribution in [-0.2, 0) is 27.7 Å². The molecule has 7 nitrogen and oxygen atoms in total. The van der Waals surface area contributed by atoms with Crippen LogP contribution in [0.1, 0.15) is 34.7 Å². The maximum Gasteiger partial charge on any atom is 0.307 e. The number of benzene rings is 2. The number of rotatable bonds is 10. The van der Waals surface area contributed by atoms with Crippen LogP contribution in [-0.4, -0.2) is 43.1 Å². The molecule has 5 rings (SSSR count). The van der Waals surface area contributed by atoms with E-state index in [1.54, 1.807) is 18.2 Å². The topological polar surface area (TPSA) is 103 Å². The molecule has 0 unspecified atom stereocenters. The lowest BCUT2D eigenvalue weighted by molar-refractivity contribution is -0.139. The molecule has 1 heterocycles. The van der Waals surface area contributed by atoms with Crippen molar-refractivity contribution in [3.8, 4) is 22.8 Å². The first kappa shape index (κ1) is 25.2. The fraction of sp³-hybridized carbons (Fsp3) is 0.357. The number of halogens is 1. The number of ether oxygens (including phenoxy) is 2. The zero-order valence-electron chi connectivity index (χ0n) is 20.6. The van der Waals surface area contributed by atoms with E-state index in [4.69, 9.17) is 9.47 Å². The van der Waals surface area contributed by atoms with E-state index >= 15 is 0 Å². The number of hydrogen-bond acceptors (Lipinski definition) is 6. The molecule has 9 heteroatoms. The number of carbonyl (C=O) groups is 1. The van der Waals surface area contributed by atoms with Gasteiger partial charge in [-0.3, -0.25) is 4.79 Å². The molecule has 2 aromatic carbocycles. The van der Waals surface area contributed by atoms with Gasteiger partial charge in [0, 0.05) is 35.1 Å². The van der Waals surface area contributed by atoms with Gasteiger partial charge in [0.15, 0.2) is 0 Å². The van der Waals surface area contributed by atoms with Gasteiger partial charge in [-0.15, -0.1) is 0 Å². The van der Waals surface area contributed by atoms with E-state index in [2.05, 4.69) is 4.98 Å². The van der Waals surface area contributed by atoms with Gasteiger partial charge < -0.3 is 14.6 Å². The average Bonchev–Trinajstić information content (AvgIpc) is 3.43. The Morgan fingerprint density at radius 1 is 1.14 bits per heavy atom. The van der Waals surface area contributed by atoms with E-state index in [-0.39, 0.29) is 42.5 Å². The highest BCUT2D eigenvalue weighted by molar-refractivity contribution is 7.90. The van der Waals surface area contributed by atoms with Gasteiger partial charge in [0.1, 0.15) is 28.0 Å². The molecule has 3 atom stereocenters. The van der Waals surface area contributed by atoms with Crippen molar-refractivity contribution in [2.24, 2.45) is 11.8 Å². The van der Waals surface area contributed by atoms with Crippen LogP contribution in [0.2, 0.25) is 0 Å². The summed E-state index contributed by atoms with van der Waals surface area (Å²) in [7, 11) is -3.03. The highest BCUT2D eigenvalue weighted by Gasteiger charge is 2.59. The molecule has 0 radical (unpaired) electrons. The van der Waals surface area contributed by atoms with Gasteiger partial charge in [-0.1, -0.05) is 12.1 Å². The SMILES string of the molecule is Cc1nc(OCCCS(C)(=O)=O)ccc1-c1ccc(F)c(COc2ccc3c(c2)C[C@H]2[C@H](C(=O)O)[C@@H]32)c1. The van der Waals surface area contributed by atoms with Crippen LogP contribution in [0.4, 0.5) is 4.39 Å². The molecule has 0 aliphatic heterocycles. The van der Waals surface area contributed by atoms with Crippen LogP contribution in [0.15, 0.2) is 48.5 Å². The third-order valence-corrected chi connectivity index (χ3v) is 8.13. The van der Waals surface area contributed by atoms with Crippen molar-refractivity contribution in [2.75, 3.05) is 18.6 Å². The number of aromatic nitrogens is 1. The van der Waals surface area contributed by atoms with Gasteiger partial charge in [0.05, 0.1) is 18.3 Å². The van der Waals surface area contributed by atoms with Crippen molar-refractivity contribution in [1.29, 1.82) is 0 Å². The standard InChI is InChI=1S/C28H28FNO6S/c1-16-21(7-9-25(30-16)35-10-3-11-37(2,33)34)17-4-8-24(29)19(12-17)15-36-20-5-6-22-18(13-20)14-23-26(22)27(23)28(31)32/h4-9,12-13,23,26-27H,3,10-11,14-15H2,1-2H3,(H,31,32)/t23-,26+,27+/m1/s1. The maximum absolute atomic E-state index is 14.6. The maximum atomic E-state index is 14.6. The third-order valence-electron chi connectivity index (χ3n) is 7.10. The van der Waals surface area contributed by atoms with Crippen LogP contribution >= 0.6 is 0 Å². The van der Waals surface area contributed by atoms with Crippen LogP contribution in [0.3, 0.4) is 0 Å². The van der Waals surface area contributed by atoms with E-state index < -0.39 is 15.8 Å². The predicted octanol–water partition coefficient (Wildman–Crippen LogP) is 4.56. The molecular formula is C28H28FNO6S. The number of sulfone groups is 1. The van der Waals surface area contributed by atoms with Gasteiger partial charge in [0.2, 0.25) is 5.88 Å². The number of aryl methyl sites for hydroxylation is 1.